The number of Topliss-reactive ketones (excluding diaryl/α,β-unsaturated/α-hetero) is 1. The maximum absolute atomic E-state index is 13.5. The van der Waals surface area contributed by atoms with E-state index in [1.807, 2.05) is 50.2 Å². The number of hydrogen-bond acceptors (Lipinski definition) is 4. The molecule has 0 N–H and O–H groups in total. The molecule has 148 valence electrons. The fourth-order valence-electron chi connectivity index (χ4n) is 5.41. The Morgan fingerprint density at radius 3 is 2.38 bits per heavy atom. The van der Waals surface area contributed by atoms with E-state index >= 15 is 0 Å². The second kappa shape index (κ2) is 6.63. The topological polar surface area (TPSA) is 57.7 Å². The van der Waals surface area contributed by atoms with Gasteiger partial charge in [-0.1, -0.05) is 36.4 Å². The van der Waals surface area contributed by atoms with Crippen molar-refractivity contribution >= 4 is 23.3 Å². The minimum absolute atomic E-state index is 0.0225. The fourth-order valence-corrected chi connectivity index (χ4v) is 5.41. The van der Waals surface area contributed by atoms with Crippen molar-refractivity contribution in [3.63, 3.8) is 0 Å². The van der Waals surface area contributed by atoms with E-state index in [9.17, 15) is 14.4 Å². The van der Waals surface area contributed by atoms with Gasteiger partial charge in [-0.3, -0.25) is 19.3 Å². The smallest absolute Gasteiger partial charge is 0.239 e. The van der Waals surface area contributed by atoms with Crippen LogP contribution in [0.1, 0.15) is 34.3 Å². The minimum Gasteiger partial charge on any atom is -0.292 e. The number of carbonyl (C=O) groups is 3. The number of anilines is 1. The quantitative estimate of drug-likeness (QED) is 0.599. The highest BCUT2D eigenvalue weighted by Crippen LogP contribution is 2.48. The molecule has 3 heterocycles. The van der Waals surface area contributed by atoms with Gasteiger partial charge in [0.05, 0.1) is 23.6 Å². The zero-order valence-electron chi connectivity index (χ0n) is 16.7. The average molecular weight is 388 g/mol. The number of hydrogen-bond donors (Lipinski definition) is 0. The molecule has 2 amide bonds. The normalized spacial score (nSPS) is 28.7. The molecule has 3 aliphatic heterocycles. The molecule has 0 aromatic heterocycles. The Bertz CT molecular complexity index is 1020. The molecule has 3 saturated heterocycles. The first kappa shape index (κ1) is 18.3. The third kappa shape index (κ3) is 2.60. The molecular formula is C24H24N2O3. The van der Waals surface area contributed by atoms with Crippen molar-refractivity contribution in [1.29, 1.82) is 0 Å². The number of carbonyl (C=O) groups excluding carboxylic acids is 3. The van der Waals surface area contributed by atoms with E-state index in [1.54, 1.807) is 12.1 Å². The van der Waals surface area contributed by atoms with E-state index in [-0.39, 0.29) is 23.6 Å². The monoisotopic (exact) mass is 388 g/mol. The highest BCUT2D eigenvalue weighted by molar-refractivity contribution is 6.24. The molecule has 5 nitrogen and oxygen atoms in total. The molecule has 0 saturated carbocycles. The zero-order chi connectivity index (χ0) is 20.3. The molecule has 2 aromatic carbocycles. The van der Waals surface area contributed by atoms with Crippen LogP contribution in [0.25, 0.3) is 0 Å². The minimum atomic E-state index is -0.595. The lowest BCUT2D eigenvalue weighted by Gasteiger charge is -2.27. The predicted octanol–water partition coefficient (Wildman–Crippen LogP) is 3.14. The second-order valence-electron chi connectivity index (χ2n) is 8.45. The highest BCUT2D eigenvalue weighted by Gasteiger charge is 2.64. The van der Waals surface area contributed by atoms with Crippen molar-refractivity contribution in [2.75, 3.05) is 11.4 Å². The van der Waals surface area contributed by atoms with E-state index in [0.717, 1.165) is 30.5 Å². The molecule has 5 heteroatoms. The molecular weight excluding hydrogens is 364 g/mol. The maximum Gasteiger partial charge on any atom is 0.239 e. The van der Waals surface area contributed by atoms with Gasteiger partial charge in [0.15, 0.2) is 5.78 Å². The van der Waals surface area contributed by atoms with E-state index in [0.29, 0.717) is 11.3 Å². The van der Waals surface area contributed by atoms with E-state index in [4.69, 9.17) is 0 Å². The molecule has 0 spiro atoms. The summed E-state index contributed by atoms with van der Waals surface area (Å²) in [5.74, 6) is -1.45. The number of ketones is 1. The number of rotatable bonds is 3. The number of amides is 2. The first-order valence-electron chi connectivity index (χ1n) is 10.3. The van der Waals surface area contributed by atoms with Crippen LogP contribution >= 0.6 is 0 Å². The van der Waals surface area contributed by atoms with Crippen LogP contribution in [0, 0.1) is 25.7 Å². The summed E-state index contributed by atoms with van der Waals surface area (Å²) in [6.07, 6.45) is 1.82. The summed E-state index contributed by atoms with van der Waals surface area (Å²) >= 11 is 0. The number of benzene rings is 2. The Balaban J connectivity index is 1.56. The standard InChI is InChI=1S/C24H24N2O3/c1-14-10-11-17(13-15(14)2)26-23(28)19-18-9-6-12-25(18)21(20(19)24(26)29)22(27)16-7-4-3-5-8-16/h3-5,7-8,10-11,13,18-21H,6,9,12H2,1-2H3/t18-,19+,20+,21+/m1/s1. The van der Waals surface area contributed by atoms with E-state index in [1.165, 1.54) is 4.90 Å². The van der Waals surface area contributed by atoms with Crippen molar-refractivity contribution in [3.05, 3.63) is 65.2 Å². The Labute approximate surface area is 170 Å². The summed E-state index contributed by atoms with van der Waals surface area (Å²) in [6, 6.07) is 14.2. The lowest BCUT2D eigenvalue weighted by molar-refractivity contribution is -0.123. The molecule has 0 unspecified atom stereocenters. The van der Waals surface area contributed by atoms with E-state index in [2.05, 4.69) is 4.90 Å². The number of nitrogens with zero attached hydrogens (tertiary/aromatic N) is 2. The SMILES string of the molecule is Cc1ccc(N2C(=O)[C@@H]3[C@H](C2=O)[C@@H](C(=O)c2ccccc2)N2CCC[C@H]32)cc1C. The molecule has 0 aliphatic carbocycles. The van der Waals surface area contributed by atoms with Gasteiger partial charge in [-0.15, -0.1) is 0 Å². The van der Waals surface area contributed by atoms with Crippen LogP contribution in [-0.4, -0.2) is 41.1 Å². The van der Waals surface area contributed by atoms with Crippen LogP contribution in [0.5, 0.6) is 0 Å². The van der Waals surface area contributed by atoms with Crippen molar-refractivity contribution in [2.45, 2.75) is 38.8 Å². The van der Waals surface area contributed by atoms with Gasteiger partial charge in [0, 0.05) is 11.6 Å². The Kier molecular flexibility index (Phi) is 4.17. The van der Waals surface area contributed by atoms with Crippen LogP contribution < -0.4 is 4.90 Å². The lowest BCUT2D eigenvalue weighted by atomic mass is 9.85. The van der Waals surface area contributed by atoms with Gasteiger partial charge in [-0.05, 0) is 56.5 Å². The summed E-state index contributed by atoms with van der Waals surface area (Å²) < 4.78 is 0. The summed E-state index contributed by atoms with van der Waals surface area (Å²) in [7, 11) is 0. The molecule has 3 aliphatic rings. The van der Waals surface area contributed by atoms with Gasteiger partial charge in [-0.2, -0.15) is 0 Å². The highest BCUT2D eigenvalue weighted by atomic mass is 16.2. The summed E-state index contributed by atoms with van der Waals surface area (Å²) in [5.41, 5.74) is 3.38. The first-order valence-corrected chi connectivity index (χ1v) is 10.3. The van der Waals surface area contributed by atoms with Crippen LogP contribution in [0.4, 0.5) is 5.69 Å². The van der Waals surface area contributed by atoms with Crippen molar-refractivity contribution in [3.8, 4) is 0 Å². The van der Waals surface area contributed by atoms with Crippen molar-refractivity contribution < 1.29 is 14.4 Å². The van der Waals surface area contributed by atoms with Gasteiger partial charge in [-0.25, -0.2) is 4.90 Å². The summed E-state index contributed by atoms with van der Waals surface area (Å²) in [5, 5.41) is 0. The maximum atomic E-state index is 13.5. The van der Waals surface area contributed by atoms with Crippen molar-refractivity contribution in [1.82, 2.24) is 4.90 Å². The predicted molar refractivity (Wildman–Crippen MR) is 110 cm³/mol. The molecule has 29 heavy (non-hydrogen) atoms. The van der Waals surface area contributed by atoms with Gasteiger partial charge >= 0.3 is 0 Å². The van der Waals surface area contributed by atoms with Gasteiger partial charge in [0.25, 0.3) is 0 Å². The van der Waals surface area contributed by atoms with Gasteiger partial charge < -0.3 is 0 Å². The van der Waals surface area contributed by atoms with Crippen LogP contribution in [0.3, 0.4) is 0 Å². The molecule has 2 aromatic rings. The molecule has 0 bridgehead atoms. The fraction of sp³-hybridized carbons (Fsp3) is 0.375. The van der Waals surface area contributed by atoms with Crippen LogP contribution in [0.15, 0.2) is 48.5 Å². The van der Waals surface area contributed by atoms with Gasteiger partial charge in [0.2, 0.25) is 11.8 Å². The Morgan fingerprint density at radius 1 is 0.931 bits per heavy atom. The largest absolute Gasteiger partial charge is 0.292 e. The second-order valence-corrected chi connectivity index (χ2v) is 8.45. The summed E-state index contributed by atoms with van der Waals surface area (Å²) in [4.78, 5) is 43.8. The number of fused-ring (bicyclic) bond motifs is 3. The number of aryl methyl sites for hydroxylation is 2. The molecule has 3 fully saturated rings. The molecule has 4 atom stereocenters. The van der Waals surface area contributed by atoms with E-state index < -0.39 is 17.9 Å². The van der Waals surface area contributed by atoms with Gasteiger partial charge in [0.1, 0.15) is 0 Å². The van der Waals surface area contributed by atoms with Crippen molar-refractivity contribution in [2.24, 2.45) is 11.8 Å². The zero-order valence-corrected chi connectivity index (χ0v) is 16.7. The lowest BCUT2D eigenvalue weighted by Crippen LogP contribution is -2.46. The Hall–Kier alpha value is -2.79. The third-order valence-electron chi connectivity index (χ3n) is 6.93. The average Bonchev–Trinajstić information content (AvgIpc) is 3.37. The molecule has 0 radical (unpaired) electrons. The van der Waals surface area contributed by atoms with Crippen LogP contribution in [0.2, 0.25) is 0 Å². The summed E-state index contributed by atoms with van der Waals surface area (Å²) in [6.45, 7) is 4.75. The molecule has 5 rings (SSSR count). The van der Waals surface area contributed by atoms with Crippen LogP contribution in [-0.2, 0) is 9.59 Å². The Morgan fingerprint density at radius 2 is 1.66 bits per heavy atom. The third-order valence-corrected chi connectivity index (χ3v) is 6.93. The number of imide groups is 1. The first-order chi connectivity index (χ1) is 14.0.